The molecule has 0 saturated carbocycles. The highest BCUT2D eigenvalue weighted by Gasteiger charge is 2.31. The number of hydrogen-bond acceptors (Lipinski definition) is 4. The smallest absolute Gasteiger partial charge is 0.244 e. The molecule has 2 rings (SSSR count). The Kier molecular flexibility index (Phi) is 9.60. The molecule has 7 nitrogen and oxygen atoms in total. The lowest BCUT2D eigenvalue weighted by Crippen LogP contribution is -2.52. The number of carbonyl (C=O) groups excluding carboxylic acids is 2. The van der Waals surface area contributed by atoms with E-state index < -0.39 is 28.5 Å². The molecule has 11 heteroatoms. The van der Waals surface area contributed by atoms with Crippen molar-refractivity contribution in [2.45, 2.75) is 39.4 Å². The van der Waals surface area contributed by atoms with Gasteiger partial charge in [0.2, 0.25) is 21.8 Å². The van der Waals surface area contributed by atoms with Crippen LogP contribution in [-0.2, 0) is 26.2 Å². The molecule has 1 N–H and O–H groups in total. The molecule has 0 spiro atoms. The van der Waals surface area contributed by atoms with Crippen LogP contribution < -0.4 is 9.62 Å². The fraction of sp³-hybridized carbons (Fsp3) is 0.364. The van der Waals surface area contributed by atoms with Gasteiger partial charge >= 0.3 is 0 Å². The zero-order chi connectivity index (χ0) is 24.9. The van der Waals surface area contributed by atoms with Crippen LogP contribution in [0.2, 0.25) is 10.0 Å². The molecule has 180 valence electrons. The largest absolute Gasteiger partial charge is 0.352 e. The van der Waals surface area contributed by atoms with Gasteiger partial charge in [0.15, 0.2) is 0 Å². The van der Waals surface area contributed by atoms with Gasteiger partial charge < -0.3 is 10.2 Å². The number of anilines is 1. The number of carbonyl (C=O) groups is 2. The minimum absolute atomic E-state index is 0.0693. The normalized spacial score (nSPS) is 12.4. The molecule has 0 aliphatic heterocycles. The highest BCUT2D eigenvalue weighted by atomic mass is 79.9. The van der Waals surface area contributed by atoms with E-state index in [0.717, 1.165) is 10.6 Å². The predicted octanol–water partition coefficient (Wildman–Crippen LogP) is 4.46. The second-order valence-electron chi connectivity index (χ2n) is 7.81. The zero-order valence-corrected chi connectivity index (χ0v) is 22.6. The molecule has 0 heterocycles. The van der Waals surface area contributed by atoms with Gasteiger partial charge in [0.05, 0.1) is 11.9 Å². The van der Waals surface area contributed by atoms with E-state index in [0.29, 0.717) is 25.8 Å². The summed E-state index contributed by atoms with van der Waals surface area (Å²) in [6.45, 7) is 4.61. The van der Waals surface area contributed by atoms with Gasteiger partial charge in [-0.2, -0.15) is 0 Å². The fourth-order valence-electron chi connectivity index (χ4n) is 3.09. The van der Waals surface area contributed by atoms with Crippen LogP contribution in [0.5, 0.6) is 0 Å². The molecular weight excluding hydrogens is 553 g/mol. The third-order valence-corrected chi connectivity index (χ3v) is 7.11. The quantitative estimate of drug-likeness (QED) is 0.476. The summed E-state index contributed by atoms with van der Waals surface area (Å²) in [7, 11) is -3.81. The summed E-state index contributed by atoms with van der Waals surface area (Å²) < 4.78 is 26.7. The van der Waals surface area contributed by atoms with Crippen LogP contribution in [0.3, 0.4) is 0 Å². The monoisotopic (exact) mass is 577 g/mol. The van der Waals surface area contributed by atoms with E-state index in [9.17, 15) is 18.0 Å². The average Bonchev–Trinajstić information content (AvgIpc) is 2.69. The maximum atomic E-state index is 13.5. The van der Waals surface area contributed by atoms with Crippen LogP contribution in [0.25, 0.3) is 0 Å². The molecule has 0 fully saturated rings. The van der Waals surface area contributed by atoms with Crippen LogP contribution >= 0.6 is 39.1 Å². The molecule has 0 unspecified atom stereocenters. The minimum Gasteiger partial charge on any atom is -0.352 e. The van der Waals surface area contributed by atoms with Crippen molar-refractivity contribution in [3.63, 3.8) is 0 Å². The van der Waals surface area contributed by atoms with Crippen LogP contribution in [0.1, 0.15) is 26.3 Å². The van der Waals surface area contributed by atoms with E-state index in [1.165, 1.54) is 4.90 Å². The maximum Gasteiger partial charge on any atom is 0.244 e. The summed E-state index contributed by atoms with van der Waals surface area (Å²) in [6.07, 6.45) is 1.02. The first-order chi connectivity index (χ1) is 15.3. The lowest BCUT2D eigenvalue weighted by molar-refractivity contribution is -0.139. The van der Waals surface area contributed by atoms with Crippen molar-refractivity contribution in [1.29, 1.82) is 0 Å². The Bertz CT molecular complexity index is 1110. The number of halogens is 3. The van der Waals surface area contributed by atoms with Gasteiger partial charge in [-0.1, -0.05) is 51.3 Å². The fourth-order valence-corrected chi connectivity index (χ4v) is 4.83. The van der Waals surface area contributed by atoms with E-state index in [-0.39, 0.29) is 18.5 Å². The molecule has 2 amide bonds. The van der Waals surface area contributed by atoms with Crippen molar-refractivity contribution in [3.05, 3.63) is 62.5 Å². The van der Waals surface area contributed by atoms with Gasteiger partial charge in [-0.25, -0.2) is 8.42 Å². The van der Waals surface area contributed by atoms with Crippen LogP contribution in [0.4, 0.5) is 5.69 Å². The number of nitrogens with one attached hydrogen (secondary N) is 1. The second-order valence-corrected chi connectivity index (χ2v) is 11.4. The number of nitrogens with zero attached hydrogens (tertiary/aromatic N) is 2. The topological polar surface area (TPSA) is 86.8 Å². The predicted molar refractivity (Wildman–Crippen MR) is 136 cm³/mol. The Labute approximate surface area is 213 Å². The molecule has 0 saturated heterocycles. The Balaban J connectivity index is 2.45. The molecule has 2 aromatic rings. The maximum absolute atomic E-state index is 13.5. The first-order valence-electron chi connectivity index (χ1n) is 10.1. The molecule has 0 aliphatic carbocycles. The Hall–Kier alpha value is -1.81. The number of amides is 2. The minimum atomic E-state index is -3.81. The standard InChI is InChI=1S/C22H26BrCl2N3O4S/c1-14(2)26-22(30)15(3)27(12-18-19(24)9-6-10-20(18)25)21(29)13-28(33(4,31)32)17-8-5-7-16(23)11-17/h5-11,14-15H,12-13H2,1-4H3,(H,26,30)/t15-/m0/s1. The number of rotatable bonds is 9. The third kappa shape index (κ3) is 7.60. The summed E-state index contributed by atoms with van der Waals surface area (Å²) in [5, 5.41) is 3.45. The second kappa shape index (κ2) is 11.6. The number of sulfonamides is 1. The van der Waals surface area contributed by atoms with Gasteiger partial charge in [-0.3, -0.25) is 13.9 Å². The van der Waals surface area contributed by atoms with Gasteiger partial charge in [-0.05, 0) is 51.1 Å². The van der Waals surface area contributed by atoms with Gasteiger partial charge in [0.1, 0.15) is 12.6 Å². The lowest BCUT2D eigenvalue weighted by atomic mass is 10.1. The van der Waals surface area contributed by atoms with Crippen molar-refractivity contribution < 1.29 is 18.0 Å². The Morgan fingerprint density at radius 1 is 1.06 bits per heavy atom. The van der Waals surface area contributed by atoms with Crippen molar-refractivity contribution in [2.75, 3.05) is 17.1 Å². The average molecular weight is 579 g/mol. The van der Waals surface area contributed by atoms with E-state index in [1.807, 2.05) is 0 Å². The van der Waals surface area contributed by atoms with Crippen molar-refractivity contribution >= 4 is 66.7 Å². The Morgan fingerprint density at radius 2 is 1.64 bits per heavy atom. The Morgan fingerprint density at radius 3 is 2.15 bits per heavy atom. The molecule has 0 radical (unpaired) electrons. The summed E-state index contributed by atoms with van der Waals surface area (Å²) in [5.74, 6) is -0.960. The van der Waals surface area contributed by atoms with Crippen molar-refractivity contribution in [1.82, 2.24) is 10.2 Å². The van der Waals surface area contributed by atoms with Crippen molar-refractivity contribution in [2.24, 2.45) is 0 Å². The SMILES string of the molecule is CC(C)NC(=O)[C@H](C)N(Cc1c(Cl)cccc1Cl)C(=O)CN(c1cccc(Br)c1)S(C)(=O)=O. The summed E-state index contributed by atoms with van der Waals surface area (Å²) >= 11 is 15.9. The summed E-state index contributed by atoms with van der Waals surface area (Å²) in [4.78, 5) is 27.5. The van der Waals surface area contributed by atoms with Gasteiger partial charge in [-0.15, -0.1) is 0 Å². The molecule has 0 aromatic heterocycles. The van der Waals surface area contributed by atoms with Gasteiger partial charge in [0, 0.05) is 32.7 Å². The third-order valence-electron chi connectivity index (χ3n) is 4.76. The van der Waals surface area contributed by atoms with E-state index in [1.54, 1.807) is 63.2 Å². The van der Waals surface area contributed by atoms with Crippen molar-refractivity contribution in [3.8, 4) is 0 Å². The lowest BCUT2D eigenvalue weighted by Gasteiger charge is -2.32. The first-order valence-corrected chi connectivity index (χ1v) is 13.5. The highest BCUT2D eigenvalue weighted by Crippen LogP contribution is 2.27. The van der Waals surface area contributed by atoms with E-state index in [4.69, 9.17) is 23.2 Å². The molecular formula is C22H26BrCl2N3O4S. The van der Waals surface area contributed by atoms with Gasteiger partial charge in [0.25, 0.3) is 0 Å². The molecule has 33 heavy (non-hydrogen) atoms. The molecule has 0 aliphatic rings. The summed E-state index contributed by atoms with van der Waals surface area (Å²) in [6, 6.07) is 10.5. The zero-order valence-electron chi connectivity index (χ0n) is 18.7. The van der Waals surface area contributed by atoms with Crippen LogP contribution in [-0.4, -0.2) is 50.0 Å². The first kappa shape index (κ1) is 27.4. The molecule has 0 bridgehead atoms. The number of hydrogen-bond donors (Lipinski definition) is 1. The van der Waals surface area contributed by atoms with E-state index >= 15 is 0 Å². The van der Waals surface area contributed by atoms with E-state index in [2.05, 4.69) is 21.2 Å². The highest BCUT2D eigenvalue weighted by molar-refractivity contribution is 9.10. The molecule has 2 aromatic carbocycles. The molecule has 1 atom stereocenters. The van der Waals surface area contributed by atoms with Crippen LogP contribution in [0.15, 0.2) is 46.9 Å². The number of benzene rings is 2. The van der Waals surface area contributed by atoms with Crippen LogP contribution in [0, 0.1) is 0 Å². The summed E-state index contributed by atoms with van der Waals surface area (Å²) in [5.41, 5.74) is 0.780.